The standard InChI is InChI=1S/C21H21N3O4/c25-20(17-7-3-1-4-8-17)22-19(21(26)23-13-5-2-6-14-23)15-16-9-11-18(12-10-16)24(27)28/h1,3-4,7-12,15H,2,5-6,13-14H2,(H,22,25). The molecule has 2 aromatic rings. The first kappa shape index (κ1) is 19.3. The van der Waals surface area contributed by atoms with Crippen molar-refractivity contribution >= 4 is 23.6 Å². The van der Waals surface area contributed by atoms with Crippen LogP contribution in [0, 0.1) is 10.1 Å². The van der Waals surface area contributed by atoms with Crippen molar-refractivity contribution in [2.75, 3.05) is 13.1 Å². The molecule has 28 heavy (non-hydrogen) atoms. The summed E-state index contributed by atoms with van der Waals surface area (Å²) in [5.74, 6) is -0.624. The average Bonchev–Trinajstić information content (AvgIpc) is 2.74. The van der Waals surface area contributed by atoms with Gasteiger partial charge in [0.05, 0.1) is 4.92 Å². The SMILES string of the molecule is O=C(NC(=Cc1ccc([N+](=O)[O-])cc1)C(=O)N1CCCCC1)c1ccccc1. The van der Waals surface area contributed by atoms with Crippen molar-refractivity contribution in [1.29, 1.82) is 0 Å². The number of hydrogen-bond donors (Lipinski definition) is 1. The quantitative estimate of drug-likeness (QED) is 0.490. The Hall–Kier alpha value is -3.48. The van der Waals surface area contributed by atoms with Crippen LogP contribution in [0.1, 0.15) is 35.2 Å². The van der Waals surface area contributed by atoms with Crippen LogP contribution in [0.5, 0.6) is 0 Å². The summed E-state index contributed by atoms with van der Waals surface area (Å²) >= 11 is 0. The van der Waals surface area contributed by atoms with Gasteiger partial charge in [-0.1, -0.05) is 18.2 Å². The van der Waals surface area contributed by atoms with Crippen molar-refractivity contribution < 1.29 is 14.5 Å². The van der Waals surface area contributed by atoms with Gasteiger partial charge in [0.2, 0.25) is 0 Å². The second-order valence-corrected chi connectivity index (χ2v) is 6.58. The fourth-order valence-corrected chi connectivity index (χ4v) is 3.06. The molecule has 7 nitrogen and oxygen atoms in total. The lowest BCUT2D eigenvalue weighted by atomic mass is 10.1. The van der Waals surface area contributed by atoms with Crippen LogP contribution in [0.2, 0.25) is 0 Å². The maximum absolute atomic E-state index is 13.0. The third-order valence-corrected chi connectivity index (χ3v) is 4.57. The van der Waals surface area contributed by atoms with E-state index in [4.69, 9.17) is 0 Å². The first-order valence-electron chi connectivity index (χ1n) is 9.16. The number of amides is 2. The third kappa shape index (κ3) is 4.82. The Morgan fingerprint density at radius 2 is 1.61 bits per heavy atom. The molecule has 0 atom stereocenters. The molecular weight excluding hydrogens is 358 g/mol. The highest BCUT2D eigenvalue weighted by molar-refractivity contribution is 6.05. The number of likely N-dealkylation sites (tertiary alicyclic amines) is 1. The zero-order valence-electron chi connectivity index (χ0n) is 15.3. The van der Waals surface area contributed by atoms with Crippen LogP contribution in [-0.4, -0.2) is 34.7 Å². The molecule has 1 aliphatic heterocycles. The molecule has 0 aromatic heterocycles. The number of hydrogen-bond acceptors (Lipinski definition) is 4. The summed E-state index contributed by atoms with van der Waals surface area (Å²) in [6.45, 7) is 1.30. The second-order valence-electron chi connectivity index (χ2n) is 6.58. The monoisotopic (exact) mass is 379 g/mol. The molecule has 1 saturated heterocycles. The molecule has 0 radical (unpaired) electrons. The van der Waals surface area contributed by atoms with Gasteiger partial charge in [-0.05, 0) is 55.2 Å². The zero-order chi connectivity index (χ0) is 19.9. The van der Waals surface area contributed by atoms with Gasteiger partial charge < -0.3 is 10.2 Å². The number of nitro groups is 1. The van der Waals surface area contributed by atoms with Gasteiger partial charge in [-0.15, -0.1) is 0 Å². The molecule has 1 N–H and O–H groups in total. The van der Waals surface area contributed by atoms with Crippen LogP contribution < -0.4 is 5.32 Å². The van der Waals surface area contributed by atoms with Crippen LogP contribution in [0.25, 0.3) is 6.08 Å². The number of rotatable bonds is 5. The fraction of sp³-hybridized carbons (Fsp3) is 0.238. The molecule has 0 aliphatic carbocycles. The number of nitro benzene ring substituents is 1. The Labute approximate surface area is 162 Å². The predicted octanol–water partition coefficient (Wildman–Crippen LogP) is 3.38. The van der Waals surface area contributed by atoms with E-state index in [1.54, 1.807) is 47.4 Å². The van der Waals surface area contributed by atoms with Gasteiger partial charge in [-0.25, -0.2) is 0 Å². The van der Waals surface area contributed by atoms with E-state index in [1.165, 1.54) is 12.1 Å². The van der Waals surface area contributed by atoms with E-state index in [9.17, 15) is 19.7 Å². The summed E-state index contributed by atoms with van der Waals surface area (Å²) in [7, 11) is 0. The minimum absolute atomic E-state index is 0.0330. The van der Waals surface area contributed by atoms with Gasteiger partial charge in [0, 0.05) is 30.8 Å². The molecule has 0 bridgehead atoms. The summed E-state index contributed by atoms with van der Waals surface area (Å²) in [6.07, 6.45) is 4.51. The van der Waals surface area contributed by atoms with Gasteiger partial charge in [0.25, 0.3) is 17.5 Å². The van der Waals surface area contributed by atoms with Gasteiger partial charge in [-0.3, -0.25) is 19.7 Å². The molecular formula is C21H21N3O4. The van der Waals surface area contributed by atoms with Crippen LogP contribution >= 0.6 is 0 Å². The third-order valence-electron chi connectivity index (χ3n) is 4.57. The Morgan fingerprint density at radius 3 is 2.21 bits per heavy atom. The number of nitrogens with one attached hydrogen (secondary N) is 1. The van der Waals surface area contributed by atoms with Crippen molar-refractivity contribution in [3.05, 3.63) is 81.5 Å². The zero-order valence-corrected chi connectivity index (χ0v) is 15.3. The lowest BCUT2D eigenvalue weighted by Gasteiger charge is -2.27. The summed E-state index contributed by atoms with van der Waals surface area (Å²) in [4.78, 5) is 37.6. The van der Waals surface area contributed by atoms with Crippen molar-refractivity contribution in [1.82, 2.24) is 10.2 Å². The van der Waals surface area contributed by atoms with Gasteiger partial charge >= 0.3 is 0 Å². The summed E-state index contributed by atoms with van der Waals surface area (Å²) in [5.41, 5.74) is 1.17. The lowest BCUT2D eigenvalue weighted by Crippen LogP contribution is -2.41. The normalized spacial score (nSPS) is 14.4. The largest absolute Gasteiger partial charge is 0.337 e. The van der Waals surface area contributed by atoms with Gasteiger partial charge in [0.1, 0.15) is 5.70 Å². The first-order chi connectivity index (χ1) is 13.5. The number of carbonyl (C=O) groups excluding carboxylic acids is 2. The Balaban J connectivity index is 1.87. The maximum Gasteiger partial charge on any atom is 0.270 e. The summed E-state index contributed by atoms with van der Waals surface area (Å²) < 4.78 is 0. The molecule has 1 heterocycles. The van der Waals surface area contributed by atoms with E-state index in [2.05, 4.69) is 5.32 Å². The molecule has 3 rings (SSSR count). The highest BCUT2D eigenvalue weighted by Gasteiger charge is 2.22. The number of non-ortho nitro benzene ring substituents is 1. The molecule has 1 aliphatic rings. The minimum atomic E-state index is -0.482. The Morgan fingerprint density at radius 1 is 0.964 bits per heavy atom. The highest BCUT2D eigenvalue weighted by Crippen LogP contribution is 2.17. The van der Waals surface area contributed by atoms with Crippen molar-refractivity contribution in [2.24, 2.45) is 0 Å². The molecule has 0 unspecified atom stereocenters. The van der Waals surface area contributed by atoms with Crippen molar-refractivity contribution in [3.63, 3.8) is 0 Å². The van der Waals surface area contributed by atoms with Crippen molar-refractivity contribution in [2.45, 2.75) is 19.3 Å². The molecule has 0 saturated carbocycles. The number of piperidine rings is 1. The smallest absolute Gasteiger partial charge is 0.270 e. The molecule has 2 aromatic carbocycles. The summed E-state index contributed by atoms with van der Waals surface area (Å²) in [5, 5.41) is 13.5. The lowest BCUT2D eigenvalue weighted by molar-refractivity contribution is -0.384. The van der Waals surface area contributed by atoms with E-state index < -0.39 is 4.92 Å². The molecule has 7 heteroatoms. The maximum atomic E-state index is 13.0. The van der Waals surface area contributed by atoms with E-state index >= 15 is 0 Å². The molecule has 144 valence electrons. The van der Waals surface area contributed by atoms with Crippen LogP contribution in [0.3, 0.4) is 0 Å². The molecule has 2 amide bonds. The molecule has 0 spiro atoms. The van der Waals surface area contributed by atoms with Crippen LogP contribution in [0.4, 0.5) is 5.69 Å². The van der Waals surface area contributed by atoms with E-state index in [1.807, 2.05) is 6.07 Å². The second kappa shape index (κ2) is 8.94. The Bertz CT molecular complexity index is 886. The van der Waals surface area contributed by atoms with Crippen LogP contribution in [0.15, 0.2) is 60.3 Å². The predicted molar refractivity (Wildman–Crippen MR) is 105 cm³/mol. The topological polar surface area (TPSA) is 92.5 Å². The fourth-order valence-electron chi connectivity index (χ4n) is 3.06. The molecule has 1 fully saturated rings. The summed E-state index contributed by atoms with van der Waals surface area (Å²) in [6, 6.07) is 14.5. The number of nitrogens with zero attached hydrogens (tertiary/aromatic N) is 2. The van der Waals surface area contributed by atoms with Crippen LogP contribution in [-0.2, 0) is 4.79 Å². The van der Waals surface area contributed by atoms with Gasteiger partial charge in [0.15, 0.2) is 0 Å². The number of benzene rings is 2. The van der Waals surface area contributed by atoms with E-state index in [0.717, 1.165) is 19.3 Å². The highest BCUT2D eigenvalue weighted by atomic mass is 16.6. The van der Waals surface area contributed by atoms with E-state index in [0.29, 0.717) is 24.2 Å². The van der Waals surface area contributed by atoms with Gasteiger partial charge in [-0.2, -0.15) is 0 Å². The first-order valence-corrected chi connectivity index (χ1v) is 9.16. The van der Waals surface area contributed by atoms with Crippen molar-refractivity contribution in [3.8, 4) is 0 Å². The average molecular weight is 379 g/mol. The van der Waals surface area contributed by atoms with E-state index in [-0.39, 0.29) is 23.2 Å². The minimum Gasteiger partial charge on any atom is -0.337 e. The number of carbonyl (C=O) groups is 2. The Kier molecular flexibility index (Phi) is 6.16.